The van der Waals surface area contributed by atoms with Crippen molar-refractivity contribution in [3.63, 3.8) is 0 Å². The third-order valence-corrected chi connectivity index (χ3v) is 3.24. The average Bonchev–Trinajstić information content (AvgIpc) is 2.31. The largest absolute Gasteiger partial charge is 0.396 e. The molecule has 0 atom stereocenters. The van der Waals surface area contributed by atoms with Gasteiger partial charge in [0, 0.05) is 25.3 Å². The van der Waals surface area contributed by atoms with Crippen LogP contribution in [0.25, 0.3) is 0 Å². The third kappa shape index (κ3) is 2.80. The second-order valence-electron chi connectivity index (χ2n) is 4.47. The number of nitrogens with two attached hydrogens (primary N) is 2. The summed E-state index contributed by atoms with van der Waals surface area (Å²) in [4.78, 5) is 10.4. The summed E-state index contributed by atoms with van der Waals surface area (Å²) < 4.78 is 0. The highest BCUT2D eigenvalue weighted by molar-refractivity contribution is 5.52. The molecular formula is C11H20N6O. The van der Waals surface area contributed by atoms with E-state index in [1.807, 2.05) is 0 Å². The summed E-state index contributed by atoms with van der Waals surface area (Å²) in [6.45, 7) is 0.938. The van der Waals surface area contributed by atoms with Gasteiger partial charge >= 0.3 is 0 Å². The number of aliphatic hydroxyl groups excluding tert-OH is 1. The molecule has 6 N–H and O–H groups in total. The van der Waals surface area contributed by atoms with Crippen LogP contribution in [0.3, 0.4) is 0 Å². The van der Waals surface area contributed by atoms with Crippen molar-refractivity contribution in [1.29, 1.82) is 0 Å². The summed E-state index contributed by atoms with van der Waals surface area (Å²) in [5.41, 5.74) is 8.15. The van der Waals surface area contributed by atoms with Gasteiger partial charge in [-0.25, -0.2) is 5.84 Å². The molecule has 1 fully saturated rings. The Morgan fingerprint density at radius 2 is 2.22 bits per heavy atom. The molecule has 0 saturated heterocycles. The Labute approximate surface area is 106 Å². The van der Waals surface area contributed by atoms with Crippen LogP contribution in [-0.4, -0.2) is 34.3 Å². The molecule has 0 aromatic carbocycles. The minimum Gasteiger partial charge on any atom is -0.396 e. The molecule has 1 aliphatic carbocycles. The molecule has 1 saturated carbocycles. The number of rotatable bonds is 6. The molecule has 18 heavy (non-hydrogen) atoms. The zero-order valence-electron chi connectivity index (χ0n) is 10.3. The Morgan fingerprint density at radius 1 is 1.44 bits per heavy atom. The lowest BCUT2D eigenvalue weighted by atomic mass is 9.91. The number of aromatic nitrogens is 2. The van der Waals surface area contributed by atoms with Crippen molar-refractivity contribution >= 4 is 17.6 Å². The molecule has 2 rings (SSSR count). The first-order valence-corrected chi connectivity index (χ1v) is 6.23. The first-order chi connectivity index (χ1) is 8.74. The van der Waals surface area contributed by atoms with Crippen LogP contribution in [0.5, 0.6) is 0 Å². The number of nitrogen functional groups attached to an aromatic ring is 2. The van der Waals surface area contributed by atoms with E-state index >= 15 is 0 Å². The van der Waals surface area contributed by atoms with Crippen LogP contribution >= 0.6 is 0 Å². The van der Waals surface area contributed by atoms with E-state index in [2.05, 4.69) is 20.3 Å². The van der Waals surface area contributed by atoms with Crippen molar-refractivity contribution < 1.29 is 5.11 Å². The third-order valence-electron chi connectivity index (χ3n) is 3.24. The molecule has 0 amide bonds. The topological polar surface area (TPSA) is 113 Å². The van der Waals surface area contributed by atoms with E-state index in [9.17, 15) is 0 Å². The van der Waals surface area contributed by atoms with Crippen LogP contribution in [0, 0.1) is 0 Å². The zero-order valence-corrected chi connectivity index (χ0v) is 10.3. The SMILES string of the molecule is NNc1cc(N(CCCO)C2CCC2)nc(N)n1. The average molecular weight is 252 g/mol. The molecular weight excluding hydrogens is 232 g/mol. The molecule has 0 spiro atoms. The summed E-state index contributed by atoms with van der Waals surface area (Å²) in [6, 6.07) is 2.27. The van der Waals surface area contributed by atoms with Crippen molar-refractivity contribution in [2.75, 3.05) is 29.2 Å². The lowest BCUT2D eigenvalue weighted by molar-refractivity contribution is 0.282. The summed E-state index contributed by atoms with van der Waals surface area (Å²) in [5.74, 6) is 6.84. The van der Waals surface area contributed by atoms with Gasteiger partial charge in [0.05, 0.1) is 0 Å². The van der Waals surface area contributed by atoms with Crippen molar-refractivity contribution in [1.82, 2.24) is 9.97 Å². The van der Waals surface area contributed by atoms with E-state index in [0.717, 1.165) is 25.2 Å². The number of nitrogens with zero attached hydrogens (tertiary/aromatic N) is 3. The standard InChI is InChI=1S/C11H20N6O/c12-11-14-9(16-13)7-10(15-11)17(5-2-6-18)8-3-1-4-8/h7-8,18H,1-6,13H2,(H3,12,14,15,16). The highest BCUT2D eigenvalue weighted by Gasteiger charge is 2.26. The van der Waals surface area contributed by atoms with E-state index in [0.29, 0.717) is 18.3 Å². The molecule has 7 nitrogen and oxygen atoms in total. The fourth-order valence-electron chi connectivity index (χ4n) is 2.10. The molecule has 0 aliphatic heterocycles. The number of anilines is 3. The summed E-state index contributed by atoms with van der Waals surface area (Å²) >= 11 is 0. The van der Waals surface area contributed by atoms with Crippen LogP contribution in [-0.2, 0) is 0 Å². The van der Waals surface area contributed by atoms with E-state index in [-0.39, 0.29) is 12.6 Å². The molecule has 1 aromatic heterocycles. The summed E-state index contributed by atoms with van der Waals surface area (Å²) in [5, 5.41) is 8.97. The van der Waals surface area contributed by atoms with E-state index in [4.69, 9.17) is 16.7 Å². The fraction of sp³-hybridized carbons (Fsp3) is 0.636. The Morgan fingerprint density at radius 3 is 2.78 bits per heavy atom. The van der Waals surface area contributed by atoms with Gasteiger partial charge in [-0.2, -0.15) is 9.97 Å². The van der Waals surface area contributed by atoms with Gasteiger partial charge in [-0.15, -0.1) is 0 Å². The maximum atomic E-state index is 8.97. The van der Waals surface area contributed by atoms with Crippen molar-refractivity contribution in [3.05, 3.63) is 6.07 Å². The van der Waals surface area contributed by atoms with Gasteiger partial charge in [0.25, 0.3) is 0 Å². The van der Waals surface area contributed by atoms with Gasteiger partial charge in [0.15, 0.2) is 0 Å². The Hall–Kier alpha value is -1.60. The first kappa shape index (κ1) is 12.8. The van der Waals surface area contributed by atoms with Crippen LogP contribution in [0.15, 0.2) is 6.07 Å². The van der Waals surface area contributed by atoms with Gasteiger partial charge in [-0.1, -0.05) is 0 Å². The lowest BCUT2D eigenvalue weighted by Crippen LogP contribution is -2.41. The Balaban J connectivity index is 2.19. The maximum Gasteiger partial charge on any atom is 0.223 e. The molecule has 1 aliphatic rings. The molecule has 0 unspecified atom stereocenters. The molecule has 1 aromatic rings. The van der Waals surface area contributed by atoms with Gasteiger partial charge in [0.2, 0.25) is 5.95 Å². The number of hydrogen-bond donors (Lipinski definition) is 4. The van der Waals surface area contributed by atoms with E-state index in [1.165, 1.54) is 6.42 Å². The Kier molecular flexibility index (Phi) is 4.16. The van der Waals surface area contributed by atoms with Crippen molar-refractivity contribution in [3.8, 4) is 0 Å². The van der Waals surface area contributed by atoms with E-state index in [1.54, 1.807) is 6.07 Å². The summed E-state index contributed by atoms with van der Waals surface area (Å²) in [6.07, 6.45) is 4.26. The van der Waals surface area contributed by atoms with E-state index < -0.39 is 0 Å². The van der Waals surface area contributed by atoms with Crippen LogP contribution in [0.4, 0.5) is 17.6 Å². The van der Waals surface area contributed by atoms with Gasteiger partial charge in [-0.05, 0) is 25.7 Å². The summed E-state index contributed by atoms with van der Waals surface area (Å²) in [7, 11) is 0. The minimum absolute atomic E-state index is 0.172. The Bertz CT molecular complexity index is 395. The van der Waals surface area contributed by atoms with Crippen LogP contribution < -0.4 is 21.9 Å². The molecule has 100 valence electrons. The molecule has 0 bridgehead atoms. The fourth-order valence-corrected chi connectivity index (χ4v) is 2.10. The van der Waals surface area contributed by atoms with Crippen molar-refractivity contribution in [2.24, 2.45) is 5.84 Å². The number of hydrazine groups is 1. The quantitative estimate of drug-likeness (QED) is 0.419. The second kappa shape index (κ2) is 5.83. The first-order valence-electron chi connectivity index (χ1n) is 6.23. The highest BCUT2D eigenvalue weighted by Crippen LogP contribution is 2.29. The zero-order chi connectivity index (χ0) is 13.0. The van der Waals surface area contributed by atoms with Crippen LogP contribution in [0.2, 0.25) is 0 Å². The normalized spacial score (nSPS) is 15.2. The number of nitrogens with one attached hydrogen (secondary N) is 1. The predicted molar refractivity (Wildman–Crippen MR) is 70.9 cm³/mol. The number of hydrogen-bond acceptors (Lipinski definition) is 7. The molecule has 0 radical (unpaired) electrons. The van der Waals surface area contributed by atoms with Gasteiger partial charge in [0.1, 0.15) is 11.6 Å². The van der Waals surface area contributed by atoms with Gasteiger partial charge < -0.3 is 21.2 Å². The monoisotopic (exact) mass is 252 g/mol. The predicted octanol–water partition coefficient (Wildman–Crippen LogP) is 0.0857. The smallest absolute Gasteiger partial charge is 0.223 e. The molecule has 1 heterocycles. The maximum absolute atomic E-state index is 8.97. The molecule has 7 heteroatoms. The minimum atomic E-state index is 0.172. The second-order valence-corrected chi connectivity index (χ2v) is 4.47. The number of aliphatic hydroxyl groups is 1. The van der Waals surface area contributed by atoms with Crippen molar-refractivity contribution in [2.45, 2.75) is 31.7 Å². The lowest BCUT2D eigenvalue weighted by Gasteiger charge is -2.38. The highest BCUT2D eigenvalue weighted by atomic mass is 16.3. The van der Waals surface area contributed by atoms with Gasteiger partial charge in [-0.3, -0.25) is 0 Å². The van der Waals surface area contributed by atoms with Crippen LogP contribution in [0.1, 0.15) is 25.7 Å².